The maximum atomic E-state index is 13.4. The van der Waals surface area contributed by atoms with E-state index in [1.807, 2.05) is 0 Å². The molecular weight excluding hydrogens is 660 g/mol. The van der Waals surface area contributed by atoms with Crippen molar-refractivity contribution in [1.29, 1.82) is 0 Å². The normalized spacial score (nSPS) is 37.1. The molecular formula is C22H27N9O13P2. The van der Waals surface area contributed by atoms with E-state index < -0.39 is 83.5 Å². The van der Waals surface area contributed by atoms with Gasteiger partial charge in [0.15, 0.2) is 23.6 Å². The molecule has 4 aromatic heterocycles. The summed E-state index contributed by atoms with van der Waals surface area (Å²) >= 11 is 0. The van der Waals surface area contributed by atoms with Crippen LogP contribution in [0, 0.1) is 0 Å². The molecule has 0 aromatic carbocycles. The molecule has 0 radical (unpaired) electrons. The summed E-state index contributed by atoms with van der Waals surface area (Å²) in [5.41, 5.74) is 11.0. The van der Waals surface area contributed by atoms with Gasteiger partial charge in [0.25, 0.3) is 5.56 Å². The molecule has 7 heterocycles. The van der Waals surface area contributed by atoms with Crippen LogP contribution in [0.2, 0.25) is 0 Å². The summed E-state index contributed by atoms with van der Waals surface area (Å²) in [6.45, 7) is -1.44. The Balaban J connectivity index is 1.22. The molecule has 0 spiro atoms. The van der Waals surface area contributed by atoms with Crippen molar-refractivity contribution in [2.75, 3.05) is 31.8 Å². The minimum absolute atomic E-state index is 0.0611. The molecule has 46 heavy (non-hydrogen) atoms. The van der Waals surface area contributed by atoms with Gasteiger partial charge in [0, 0.05) is 13.3 Å². The van der Waals surface area contributed by atoms with Crippen LogP contribution >= 0.6 is 15.6 Å². The van der Waals surface area contributed by atoms with Crippen molar-refractivity contribution >= 4 is 49.6 Å². The number of phosphoric ester groups is 2. The molecule has 10 atom stereocenters. The molecule has 4 aromatic rings. The van der Waals surface area contributed by atoms with E-state index in [1.54, 1.807) is 6.07 Å². The summed E-state index contributed by atoms with van der Waals surface area (Å²) < 4.78 is 68.0. The molecule has 7 rings (SSSR count). The van der Waals surface area contributed by atoms with Crippen LogP contribution in [-0.4, -0.2) is 106 Å². The van der Waals surface area contributed by atoms with Gasteiger partial charge in [-0.25, -0.2) is 24.1 Å². The third-order valence-electron chi connectivity index (χ3n) is 7.72. The number of imidazole rings is 1. The number of hydrogen-bond donors (Lipinski definition) is 6. The molecule has 3 saturated heterocycles. The number of methoxy groups -OCH3 is 1. The van der Waals surface area contributed by atoms with Crippen LogP contribution in [0.4, 0.5) is 11.8 Å². The Morgan fingerprint density at radius 2 is 1.67 bits per heavy atom. The number of nitrogens with one attached hydrogen (secondary N) is 1. The predicted molar refractivity (Wildman–Crippen MR) is 150 cm³/mol. The Kier molecular flexibility index (Phi) is 7.74. The van der Waals surface area contributed by atoms with Crippen LogP contribution in [0.3, 0.4) is 0 Å². The summed E-state index contributed by atoms with van der Waals surface area (Å²) in [6, 6.07) is 1.57. The number of rotatable bonds is 3. The fourth-order valence-electron chi connectivity index (χ4n) is 5.71. The van der Waals surface area contributed by atoms with E-state index in [9.17, 15) is 28.8 Å². The highest BCUT2D eigenvalue weighted by Crippen LogP contribution is 2.54. The largest absolute Gasteiger partial charge is 0.472 e. The van der Waals surface area contributed by atoms with Crippen molar-refractivity contribution in [3.05, 3.63) is 35.3 Å². The quantitative estimate of drug-likeness (QED) is 0.139. The van der Waals surface area contributed by atoms with Gasteiger partial charge in [0.1, 0.15) is 54.4 Å². The number of aliphatic hydroxyl groups is 1. The van der Waals surface area contributed by atoms with Crippen LogP contribution in [-0.2, 0) is 41.4 Å². The third kappa shape index (κ3) is 5.41. The smallest absolute Gasteiger partial charge is 0.386 e. The number of H-pyrrole nitrogens is 1. The number of aromatic nitrogens is 7. The molecule has 0 aliphatic carbocycles. The average Bonchev–Trinajstić information content (AvgIpc) is 3.75. The first-order chi connectivity index (χ1) is 21.9. The van der Waals surface area contributed by atoms with Gasteiger partial charge in [-0.15, -0.1) is 0 Å². The molecule has 24 heteroatoms. The molecule has 10 unspecified atom stereocenters. The second-order valence-electron chi connectivity index (χ2n) is 10.5. The van der Waals surface area contributed by atoms with Crippen molar-refractivity contribution in [1.82, 2.24) is 34.1 Å². The zero-order valence-electron chi connectivity index (χ0n) is 23.5. The van der Waals surface area contributed by atoms with Crippen molar-refractivity contribution in [2.45, 2.75) is 49.1 Å². The lowest BCUT2D eigenvalue weighted by Gasteiger charge is -2.26. The second-order valence-corrected chi connectivity index (χ2v) is 13.3. The highest BCUT2D eigenvalue weighted by Gasteiger charge is 2.54. The average molecular weight is 687 g/mol. The van der Waals surface area contributed by atoms with Gasteiger partial charge in [-0.05, 0) is 6.07 Å². The van der Waals surface area contributed by atoms with Gasteiger partial charge >= 0.3 is 15.6 Å². The summed E-state index contributed by atoms with van der Waals surface area (Å²) in [4.78, 5) is 52.4. The number of nitrogen functional groups attached to an aromatic ring is 2. The summed E-state index contributed by atoms with van der Waals surface area (Å²) in [7, 11) is -8.80. The molecule has 8 N–H and O–H groups in total. The molecule has 3 aliphatic rings. The maximum absolute atomic E-state index is 13.4. The molecule has 3 fully saturated rings. The van der Waals surface area contributed by atoms with Gasteiger partial charge in [0.05, 0.1) is 24.9 Å². The van der Waals surface area contributed by atoms with E-state index >= 15 is 0 Å². The van der Waals surface area contributed by atoms with Crippen molar-refractivity contribution in [3.8, 4) is 0 Å². The van der Waals surface area contributed by atoms with Crippen LogP contribution in [0.1, 0.15) is 12.5 Å². The summed E-state index contributed by atoms with van der Waals surface area (Å²) in [5, 5.41) is 11.7. The first kappa shape index (κ1) is 31.2. The molecule has 3 aliphatic heterocycles. The minimum atomic E-state index is -5.03. The lowest BCUT2D eigenvalue weighted by Crippen LogP contribution is -2.37. The highest BCUT2D eigenvalue weighted by molar-refractivity contribution is 7.47. The van der Waals surface area contributed by atoms with Gasteiger partial charge < -0.3 is 45.1 Å². The monoisotopic (exact) mass is 687 g/mol. The van der Waals surface area contributed by atoms with E-state index in [0.717, 1.165) is 6.33 Å². The van der Waals surface area contributed by atoms with E-state index in [2.05, 4.69) is 24.9 Å². The fourth-order valence-corrected chi connectivity index (χ4v) is 7.60. The van der Waals surface area contributed by atoms with Crippen LogP contribution in [0.15, 0.2) is 29.7 Å². The van der Waals surface area contributed by atoms with E-state index in [4.69, 9.17) is 43.8 Å². The Labute approximate surface area is 256 Å². The van der Waals surface area contributed by atoms with Gasteiger partial charge in [-0.3, -0.25) is 32.4 Å². The Morgan fingerprint density at radius 3 is 2.41 bits per heavy atom. The summed E-state index contributed by atoms with van der Waals surface area (Å²) in [6.07, 6.45) is -7.37. The lowest BCUT2D eigenvalue weighted by molar-refractivity contribution is -0.0673. The number of aliphatic hydroxyl groups excluding tert-OH is 1. The van der Waals surface area contributed by atoms with Crippen molar-refractivity contribution in [3.63, 3.8) is 0 Å². The molecule has 0 amide bonds. The predicted octanol–water partition coefficient (Wildman–Crippen LogP) is -1.08. The number of phosphoric acid groups is 2. The number of nitrogens with two attached hydrogens (primary N) is 2. The van der Waals surface area contributed by atoms with Gasteiger partial charge in [-0.2, -0.15) is 4.98 Å². The number of fused-ring (bicyclic) bond motifs is 5. The van der Waals surface area contributed by atoms with Crippen LogP contribution in [0.5, 0.6) is 0 Å². The van der Waals surface area contributed by atoms with Crippen molar-refractivity contribution < 1.29 is 56.3 Å². The fraction of sp³-hybridized carbons (Fsp3) is 0.500. The standard InChI is InChI=1S/C22H27N9O13P2/c1-38-14-10-5-40-45(34,35)43-13-9(41-20(12(13)32)30-3-2-8-16(23)25-6-26-17(8)30)4-39-46(36,37)44-15(14)21(42-10)31-7-27-11-18(31)28-22(24)29-19(11)33/h2-3,6-7,9-10,12-15,20-21,32H,4-5H2,1H3,(H,34,35)(H,36,37)(H2,23,25,26)(H3,24,28,29,33). The zero-order valence-corrected chi connectivity index (χ0v) is 25.3. The van der Waals surface area contributed by atoms with E-state index in [0.29, 0.717) is 5.39 Å². The number of aromatic amines is 1. The van der Waals surface area contributed by atoms with Crippen LogP contribution < -0.4 is 17.0 Å². The molecule has 248 valence electrons. The van der Waals surface area contributed by atoms with Gasteiger partial charge in [0.2, 0.25) is 5.95 Å². The summed E-state index contributed by atoms with van der Waals surface area (Å²) in [5.74, 6) is -0.0886. The molecule has 22 nitrogen and oxygen atoms in total. The minimum Gasteiger partial charge on any atom is -0.386 e. The first-order valence-corrected chi connectivity index (χ1v) is 16.5. The third-order valence-corrected chi connectivity index (χ3v) is 9.69. The van der Waals surface area contributed by atoms with Crippen LogP contribution in [0.25, 0.3) is 22.2 Å². The van der Waals surface area contributed by atoms with E-state index in [1.165, 1.54) is 28.8 Å². The van der Waals surface area contributed by atoms with Gasteiger partial charge in [-0.1, -0.05) is 0 Å². The molecule has 2 bridgehead atoms. The zero-order chi connectivity index (χ0) is 32.5. The second kappa shape index (κ2) is 11.4. The molecule has 0 saturated carbocycles. The van der Waals surface area contributed by atoms with E-state index in [-0.39, 0.29) is 28.6 Å². The number of ether oxygens (including phenoxy) is 3. The first-order valence-electron chi connectivity index (χ1n) is 13.5. The Hall–Kier alpha value is -3.37. The number of nitrogens with zero attached hydrogens (tertiary/aromatic N) is 6. The SMILES string of the molecule is COC1C2COP(=O)(O)OC3C(COP(=O)(O)OC1C(n1cnc4c(=O)[nH]c(N)nc41)O2)OC(n1ccc2c(N)ncnc21)C3O. The Bertz CT molecular complexity index is 1950. The topological polar surface area (TPSA) is 306 Å². The Morgan fingerprint density at radius 1 is 0.978 bits per heavy atom. The van der Waals surface area contributed by atoms with Crippen molar-refractivity contribution in [2.24, 2.45) is 0 Å². The lowest BCUT2D eigenvalue weighted by atomic mass is 10.1. The number of anilines is 2. The number of hydrogen-bond acceptors (Lipinski definition) is 17. The highest BCUT2D eigenvalue weighted by atomic mass is 31.2. The maximum Gasteiger partial charge on any atom is 0.472 e.